The van der Waals surface area contributed by atoms with Crippen LogP contribution in [-0.4, -0.2) is 81.5 Å². The molecular formula is C34H32F4N6O6. The average Bonchev–Trinajstić information content (AvgIpc) is 3.10. The molecule has 3 aromatic heterocycles. The second kappa shape index (κ2) is 13.6. The molecule has 3 atom stereocenters. The number of anilines is 1. The molecule has 0 bridgehead atoms. The van der Waals surface area contributed by atoms with E-state index in [-0.39, 0.29) is 47.5 Å². The smallest absolute Gasteiger partial charge is 0.377 e. The highest BCUT2D eigenvalue weighted by Crippen LogP contribution is 2.33. The monoisotopic (exact) mass is 696 g/mol. The second-order valence-corrected chi connectivity index (χ2v) is 11.9. The Balaban J connectivity index is 1.33. The van der Waals surface area contributed by atoms with E-state index < -0.39 is 59.7 Å². The van der Waals surface area contributed by atoms with E-state index in [1.807, 2.05) is 0 Å². The number of ether oxygens (including phenoxy) is 2. The molecule has 12 nitrogen and oxygen atoms in total. The Morgan fingerprint density at radius 2 is 1.84 bits per heavy atom. The van der Waals surface area contributed by atoms with E-state index >= 15 is 4.39 Å². The number of nitrogens with one attached hydrogen (secondary N) is 1. The molecule has 2 aromatic carbocycles. The summed E-state index contributed by atoms with van der Waals surface area (Å²) in [6.07, 6.45) is -3.34. The minimum absolute atomic E-state index is 0.0180. The number of aliphatic hydroxyl groups excluding tert-OH is 1. The number of benzene rings is 2. The first kappa shape index (κ1) is 34.7. The van der Waals surface area contributed by atoms with Crippen LogP contribution in [-0.2, 0) is 22.9 Å². The number of alkyl halides is 3. The van der Waals surface area contributed by atoms with Crippen LogP contribution >= 0.6 is 0 Å². The molecule has 0 saturated carbocycles. The molecule has 16 heteroatoms. The van der Waals surface area contributed by atoms with Gasteiger partial charge in [0.1, 0.15) is 11.9 Å². The number of carbonyl (C=O) groups is 1. The van der Waals surface area contributed by atoms with Crippen molar-refractivity contribution in [3.8, 4) is 5.69 Å². The molecule has 262 valence electrons. The summed E-state index contributed by atoms with van der Waals surface area (Å²) in [6.45, 7) is 0.684. The van der Waals surface area contributed by atoms with Crippen molar-refractivity contribution in [3.05, 3.63) is 104 Å². The summed E-state index contributed by atoms with van der Waals surface area (Å²) < 4.78 is 69.0. The Kier molecular flexibility index (Phi) is 9.44. The zero-order chi connectivity index (χ0) is 35.9. The van der Waals surface area contributed by atoms with Crippen LogP contribution in [0.25, 0.3) is 27.6 Å². The lowest BCUT2D eigenvalue weighted by molar-refractivity contribution is -0.167. The number of aryl methyl sites for hydroxylation is 2. The fraction of sp³-hybridized carbons (Fsp3) is 0.324. The molecule has 0 radical (unpaired) electrons. The number of halogens is 4. The van der Waals surface area contributed by atoms with Gasteiger partial charge in [-0.05, 0) is 60.9 Å². The second-order valence-electron chi connectivity index (χ2n) is 11.9. The molecule has 1 aliphatic heterocycles. The standard InChI is InChI=1S/C34H32F4N6O6/c1-18-14-20(43-12-13-50-17-26(43)34(36,37)38)16-22(35)27(18)30(45)41-23(32(47)49-3)15-19-8-9-25(28-21(19)6-4-10-39-28)44-31(46)29-24(7-5-11-40-29)42(2)33(44)48/h4-11,14,16,23,26,32,47H,12-13,15,17H2,1-3H3,(H,41,45)/t23-,26+,32?/m0/s1. The van der Waals surface area contributed by atoms with Gasteiger partial charge in [0.15, 0.2) is 11.8 Å². The van der Waals surface area contributed by atoms with Gasteiger partial charge < -0.3 is 24.8 Å². The van der Waals surface area contributed by atoms with E-state index in [0.29, 0.717) is 16.5 Å². The van der Waals surface area contributed by atoms with E-state index in [1.54, 1.807) is 30.3 Å². The number of hydrogen-bond acceptors (Lipinski definition) is 9. The van der Waals surface area contributed by atoms with Crippen LogP contribution in [0, 0.1) is 12.7 Å². The fourth-order valence-corrected chi connectivity index (χ4v) is 6.29. The summed E-state index contributed by atoms with van der Waals surface area (Å²) in [7, 11) is 2.73. The largest absolute Gasteiger partial charge is 0.411 e. The van der Waals surface area contributed by atoms with Crippen molar-refractivity contribution in [1.82, 2.24) is 24.4 Å². The van der Waals surface area contributed by atoms with Gasteiger partial charge in [-0.15, -0.1) is 0 Å². The van der Waals surface area contributed by atoms with Crippen LogP contribution in [0.2, 0.25) is 0 Å². The third kappa shape index (κ3) is 6.32. The Morgan fingerprint density at radius 1 is 1.12 bits per heavy atom. The molecule has 1 unspecified atom stereocenters. The number of nitrogens with zero attached hydrogens (tertiary/aromatic N) is 5. The van der Waals surface area contributed by atoms with E-state index in [2.05, 4.69) is 15.3 Å². The molecule has 2 N–H and O–H groups in total. The maximum atomic E-state index is 15.5. The molecule has 1 fully saturated rings. The lowest BCUT2D eigenvalue weighted by Crippen LogP contribution is -2.53. The van der Waals surface area contributed by atoms with E-state index in [0.717, 1.165) is 15.5 Å². The first-order valence-electron chi connectivity index (χ1n) is 15.5. The van der Waals surface area contributed by atoms with Gasteiger partial charge in [0.25, 0.3) is 11.5 Å². The molecule has 1 aliphatic rings. The van der Waals surface area contributed by atoms with E-state index in [4.69, 9.17) is 9.47 Å². The zero-order valence-corrected chi connectivity index (χ0v) is 27.1. The van der Waals surface area contributed by atoms with E-state index in [1.165, 1.54) is 50.2 Å². The predicted molar refractivity (Wildman–Crippen MR) is 175 cm³/mol. The van der Waals surface area contributed by atoms with Gasteiger partial charge in [0.2, 0.25) is 0 Å². The molecule has 0 spiro atoms. The van der Waals surface area contributed by atoms with Crippen LogP contribution in [0.1, 0.15) is 21.5 Å². The molecule has 1 amide bonds. The highest BCUT2D eigenvalue weighted by molar-refractivity contribution is 5.97. The lowest BCUT2D eigenvalue weighted by Gasteiger charge is -2.38. The number of methoxy groups -OCH3 is 1. The number of aromatic nitrogens is 4. The first-order chi connectivity index (χ1) is 23.8. The Morgan fingerprint density at radius 3 is 2.54 bits per heavy atom. The number of aliphatic hydroxyl groups is 1. The number of rotatable bonds is 8. The van der Waals surface area contributed by atoms with Gasteiger partial charge in [-0.1, -0.05) is 12.1 Å². The fourth-order valence-electron chi connectivity index (χ4n) is 6.29. The maximum absolute atomic E-state index is 15.5. The van der Waals surface area contributed by atoms with Crippen LogP contribution in [0.15, 0.2) is 70.5 Å². The zero-order valence-electron chi connectivity index (χ0n) is 27.1. The SMILES string of the molecule is COC(O)[C@H](Cc1ccc(-n2c(=O)c3ncccc3n(C)c2=O)c2ncccc12)NC(=O)c1c(C)cc(N2CCOC[C@@H]2C(F)(F)F)cc1F. The Labute approximate surface area is 281 Å². The summed E-state index contributed by atoms with van der Waals surface area (Å²) in [5.41, 5.74) is -0.244. The topological polar surface area (TPSA) is 141 Å². The van der Waals surface area contributed by atoms with Gasteiger partial charge in [-0.2, -0.15) is 13.2 Å². The average molecular weight is 697 g/mol. The van der Waals surface area contributed by atoms with Gasteiger partial charge >= 0.3 is 11.9 Å². The molecule has 50 heavy (non-hydrogen) atoms. The number of carbonyl (C=O) groups excluding carboxylic acids is 1. The van der Waals surface area contributed by atoms with Gasteiger partial charge in [-0.3, -0.25) is 19.1 Å². The highest BCUT2D eigenvalue weighted by atomic mass is 19.4. The summed E-state index contributed by atoms with van der Waals surface area (Å²) in [5, 5.41) is 13.9. The minimum Gasteiger partial charge on any atom is -0.377 e. The summed E-state index contributed by atoms with van der Waals surface area (Å²) >= 11 is 0. The first-order valence-corrected chi connectivity index (χ1v) is 15.5. The highest BCUT2D eigenvalue weighted by Gasteiger charge is 2.45. The van der Waals surface area contributed by atoms with E-state index in [9.17, 15) is 32.7 Å². The van der Waals surface area contributed by atoms with Crippen molar-refractivity contribution in [2.24, 2.45) is 7.05 Å². The number of amides is 1. The number of pyridine rings is 2. The normalized spacial score (nSPS) is 16.5. The van der Waals surface area contributed by atoms with Crippen molar-refractivity contribution in [2.75, 3.05) is 31.8 Å². The van der Waals surface area contributed by atoms with Crippen molar-refractivity contribution in [1.29, 1.82) is 0 Å². The lowest BCUT2D eigenvalue weighted by atomic mass is 9.98. The third-order valence-corrected chi connectivity index (χ3v) is 8.79. The van der Waals surface area contributed by atoms with Gasteiger partial charge in [0, 0.05) is 44.2 Å². The quantitative estimate of drug-likeness (QED) is 0.185. The summed E-state index contributed by atoms with van der Waals surface area (Å²) in [4.78, 5) is 50.0. The molecule has 6 rings (SSSR count). The van der Waals surface area contributed by atoms with Crippen molar-refractivity contribution < 1.29 is 36.9 Å². The van der Waals surface area contributed by atoms with Crippen molar-refractivity contribution in [3.63, 3.8) is 0 Å². The molecule has 5 aromatic rings. The molecule has 0 aliphatic carbocycles. The van der Waals surface area contributed by atoms with Crippen LogP contribution in [0.3, 0.4) is 0 Å². The molecule has 1 saturated heterocycles. The van der Waals surface area contributed by atoms with Crippen LogP contribution < -0.4 is 21.5 Å². The number of morpholine rings is 1. The van der Waals surface area contributed by atoms with Crippen molar-refractivity contribution in [2.45, 2.75) is 37.9 Å². The molecule has 4 heterocycles. The third-order valence-electron chi connectivity index (χ3n) is 8.79. The predicted octanol–water partition coefficient (Wildman–Crippen LogP) is 3.15. The number of fused-ring (bicyclic) bond motifs is 2. The van der Waals surface area contributed by atoms with Crippen LogP contribution in [0.5, 0.6) is 0 Å². The number of hydrogen-bond donors (Lipinski definition) is 2. The summed E-state index contributed by atoms with van der Waals surface area (Å²) in [6, 6.07) is 8.71. The van der Waals surface area contributed by atoms with Crippen molar-refractivity contribution >= 4 is 33.5 Å². The summed E-state index contributed by atoms with van der Waals surface area (Å²) in [5.74, 6) is -1.98. The van der Waals surface area contributed by atoms with Gasteiger partial charge in [-0.25, -0.2) is 18.7 Å². The van der Waals surface area contributed by atoms with Crippen LogP contribution in [0.4, 0.5) is 23.2 Å². The molecular weight excluding hydrogens is 664 g/mol. The Hall–Kier alpha value is -5.19. The minimum atomic E-state index is -4.62. The Bertz CT molecular complexity index is 2200. The maximum Gasteiger partial charge on any atom is 0.411 e. The van der Waals surface area contributed by atoms with Gasteiger partial charge in [0.05, 0.1) is 41.5 Å².